The third-order valence-corrected chi connectivity index (χ3v) is 2.58. The molecule has 1 heterocycles. The number of likely N-dealkylation sites (tertiary alicyclic amines) is 1. The zero-order chi connectivity index (χ0) is 11.3. The Morgan fingerprint density at radius 3 is 2.87 bits per heavy atom. The van der Waals surface area contributed by atoms with Gasteiger partial charge in [0.2, 0.25) is 11.8 Å². The fraction of sp³-hybridized carbons (Fsp3) is 0.800. The topological polar surface area (TPSA) is 69.6 Å². The van der Waals surface area contributed by atoms with E-state index in [1.165, 1.54) is 0 Å². The smallest absolute Gasteiger partial charge is 0.239 e. The van der Waals surface area contributed by atoms with Gasteiger partial charge >= 0.3 is 0 Å². The van der Waals surface area contributed by atoms with Crippen molar-refractivity contribution in [1.29, 1.82) is 0 Å². The van der Waals surface area contributed by atoms with Crippen LogP contribution in [0.15, 0.2) is 0 Å². The molecule has 5 heteroatoms. The van der Waals surface area contributed by atoms with E-state index in [-0.39, 0.29) is 31.0 Å². The lowest BCUT2D eigenvalue weighted by molar-refractivity contribution is -0.133. The first kappa shape index (κ1) is 12.0. The molecule has 0 spiro atoms. The van der Waals surface area contributed by atoms with Crippen LogP contribution in [0.1, 0.15) is 26.2 Å². The predicted molar refractivity (Wildman–Crippen MR) is 55.1 cm³/mol. The largest absolute Gasteiger partial charge is 0.394 e. The van der Waals surface area contributed by atoms with Crippen molar-refractivity contribution in [3.8, 4) is 0 Å². The van der Waals surface area contributed by atoms with Crippen molar-refractivity contribution >= 4 is 11.8 Å². The normalized spacial score (nSPS) is 18.0. The molecule has 0 aliphatic carbocycles. The second-order valence-electron chi connectivity index (χ2n) is 3.77. The summed E-state index contributed by atoms with van der Waals surface area (Å²) in [5.74, 6) is -0.145. The summed E-state index contributed by atoms with van der Waals surface area (Å²) in [4.78, 5) is 24.2. The standard InChI is InChI=1S/C10H18N2O3/c1-2-8(7-13)11-9(14)6-12-5-3-4-10(12)15/h8,13H,2-7H2,1H3,(H,11,14). The van der Waals surface area contributed by atoms with Crippen molar-refractivity contribution < 1.29 is 14.7 Å². The first-order valence-electron chi connectivity index (χ1n) is 5.35. The molecule has 1 rings (SSSR count). The third kappa shape index (κ3) is 3.51. The van der Waals surface area contributed by atoms with Crippen LogP contribution in [0.3, 0.4) is 0 Å². The fourth-order valence-corrected chi connectivity index (χ4v) is 1.59. The summed E-state index contributed by atoms with van der Waals surface area (Å²) in [6.45, 7) is 2.62. The number of nitrogens with one attached hydrogen (secondary N) is 1. The molecule has 1 fully saturated rings. The van der Waals surface area contributed by atoms with Gasteiger partial charge in [-0.3, -0.25) is 9.59 Å². The minimum absolute atomic E-state index is 0.0437. The third-order valence-electron chi connectivity index (χ3n) is 2.58. The van der Waals surface area contributed by atoms with E-state index in [4.69, 9.17) is 5.11 Å². The van der Waals surface area contributed by atoms with E-state index in [2.05, 4.69) is 5.32 Å². The maximum absolute atomic E-state index is 11.5. The first-order chi connectivity index (χ1) is 7.17. The molecule has 0 saturated carbocycles. The summed E-state index contributed by atoms with van der Waals surface area (Å²) in [7, 11) is 0. The van der Waals surface area contributed by atoms with E-state index in [9.17, 15) is 9.59 Å². The van der Waals surface area contributed by atoms with Gasteiger partial charge in [-0.2, -0.15) is 0 Å². The van der Waals surface area contributed by atoms with Crippen molar-refractivity contribution in [3.63, 3.8) is 0 Å². The summed E-state index contributed by atoms with van der Waals surface area (Å²) in [6.07, 6.45) is 2.07. The average Bonchev–Trinajstić information content (AvgIpc) is 2.61. The molecule has 2 amide bonds. The monoisotopic (exact) mass is 214 g/mol. The first-order valence-corrected chi connectivity index (χ1v) is 5.35. The highest BCUT2D eigenvalue weighted by molar-refractivity contribution is 5.85. The molecule has 1 aliphatic rings. The van der Waals surface area contributed by atoms with Crippen molar-refractivity contribution in [1.82, 2.24) is 10.2 Å². The number of nitrogens with zero attached hydrogens (tertiary/aromatic N) is 1. The number of aliphatic hydroxyl groups is 1. The van der Waals surface area contributed by atoms with Crippen LogP contribution >= 0.6 is 0 Å². The number of carbonyl (C=O) groups is 2. The molecule has 0 aromatic carbocycles. The number of hydrogen-bond acceptors (Lipinski definition) is 3. The molecule has 0 bridgehead atoms. The van der Waals surface area contributed by atoms with Crippen LogP contribution < -0.4 is 5.32 Å². The Kier molecular flexibility index (Phi) is 4.55. The summed E-state index contributed by atoms with van der Waals surface area (Å²) in [5.41, 5.74) is 0. The van der Waals surface area contributed by atoms with Crippen LogP contribution in [-0.2, 0) is 9.59 Å². The number of aliphatic hydroxyl groups excluding tert-OH is 1. The minimum Gasteiger partial charge on any atom is -0.394 e. The molecule has 0 aromatic heterocycles. The highest BCUT2D eigenvalue weighted by Gasteiger charge is 2.22. The Morgan fingerprint density at radius 2 is 2.40 bits per heavy atom. The van der Waals surface area contributed by atoms with Gasteiger partial charge in [-0.15, -0.1) is 0 Å². The molecular weight excluding hydrogens is 196 g/mol. The predicted octanol–water partition coefficient (Wildman–Crippen LogP) is -0.504. The Balaban J connectivity index is 2.31. The Hall–Kier alpha value is -1.10. The van der Waals surface area contributed by atoms with Crippen molar-refractivity contribution in [2.45, 2.75) is 32.2 Å². The zero-order valence-electron chi connectivity index (χ0n) is 9.03. The van der Waals surface area contributed by atoms with Gasteiger partial charge in [0.25, 0.3) is 0 Å². The lowest BCUT2D eigenvalue weighted by atomic mass is 10.2. The summed E-state index contributed by atoms with van der Waals surface area (Å²) < 4.78 is 0. The molecule has 1 unspecified atom stereocenters. The lowest BCUT2D eigenvalue weighted by Gasteiger charge is -2.18. The fourth-order valence-electron chi connectivity index (χ4n) is 1.59. The van der Waals surface area contributed by atoms with Crippen LogP contribution in [0, 0.1) is 0 Å². The molecule has 15 heavy (non-hydrogen) atoms. The maximum Gasteiger partial charge on any atom is 0.239 e. The number of rotatable bonds is 5. The molecule has 0 aromatic rings. The minimum atomic E-state index is -0.199. The van der Waals surface area contributed by atoms with E-state index < -0.39 is 0 Å². The highest BCUT2D eigenvalue weighted by Crippen LogP contribution is 2.08. The van der Waals surface area contributed by atoms with Crippen LogP contribution in [-0.4, -0.2) is 47.6 Å². The van der Waals surface area contributed by atoms with Gasteiger partial charge in [0, 0.05) is 13.0 Å². The van der Waals surface area contributed by atoms with Gasteiger partial charge < -0.3 is 15.3 Å². The van der Waals surface area contributed by atoms with Crippen LogP contribution in [0.2, 0.25) is 0 Å². The molecule has 5 nitrogen and oxygen atoms in total. The van der Waals surface area contributed by atoms with Crippen molar-refractivity contribution in [3.05, 3.63) is 0 Å². The van der Waals surface area contributed by atoms with Crippen LogP contribution in [0.25, 0.3) is 0 Å². The van der Waals surface area contributed by atoms with Gasteiger partial charge in [0.1, 0.15) is 0 Å². The Labute approximate surface area is 89.4 Å². The highest BCUT2D eigenvalue weighted by atomic mass is 16.3. The number of carbonyl (C=O) groups excluding carboxylic acids is 2. The van der Waals surface area contributed by atoms with Gasteiger partial charge in [0.05, 0.1) is 19.2 Å². The molecular formula is C10H18N2O3. The number of hydrogen-bond donors (Lipinski definition) is 2. The summed E-state index contributed by atoms with van der Waals surface area (Å²) in [5, 5.41) is 11.6. The average molecular weight is 214 g/mol. The van der Waals surface area contributed by atoms with E-state index in [1.54, 1.807) is 4.90 Å². The van der Waals surface area contributed by atoms with Gasteiger partial charge in [-0.05, 0) is 12.8 Å². The molecule has 2 N–H and O–H groups in total. The molecule has 0 radical (unpaired) electrons. The quantitative estimate of drug-likeness (QED) is 0.648. The van der Waals surface area contributed by atoms with Crippen molar-refractivity contribution in [2.24, 2.45) is 0 Å². The summed E-state index contributed by atoms with van der Waals surface area (Å²) >= 11 is 0. The van der Waals surface area contributed by atoms with Gasteiger partial charge in [-0.25, -0.2) is 0 Å². The van der Waals surface area contributed by atoms with Crippen LogP contribution in [0.4, 0.5) is 0 Å². The van der Waals surface area contributed by atoms with E-state index in [0.717, 1.165) is 6.42 Å². The van der Waals surface area contributed by atoms with E-state index in [1.807, 2.05) is 6.92 Å². The van der Waals surface area contributed by atoms with E-state index in [0.29, 0.717) is 19.4 Å². The lowest BCUT2D eigenvalue weighted by Crippen LogP contribution is -2.43. The molecule has 1 saturated heterocycles. The molecule has 1 atom stereocenters. The van der Waals surface area contributed by atoms with Gasteiger partial charge in [-0.1, -0.05) is 6.92 Å². The molecule has 86 valence electrons. The Bertz CT molecular complexity index is 239. The van der Waals surface area contributed by atoms with Gasteiger partial charge in [0.15, 0.2) is 0 Å². The second-order valence-corrected chi connectivity index (χ2v) is 3.77. The SMILES string of the molecule is CCC(CO)NC(=O)CN1CCCC1=O. The zero-order valence-corrected chi connectivity index (χ0v) is 9.03. The summed E-state index contributed by atoms with van der Waals surface area (Å²) in [6, 6.07) is -0.199. The van der Waals surface area contributed by atoms with Crippen molar-refractivity contribution in [2.75, 3.05) is 19.7 Å². The second kappa shape index (κ2) is 5.70. The maximum atomic E-state index is 11.5. The van der Waals surface area contributed by atoms with Crippen LogP contribution in [0.5, 0.6) is 0 Å². The number of amides is 2. The van der Waals surface area contributed by atoms with E-state index >= 15 is 0 Å². The Morgan fingerprint density at radius 1 is 1.67 bits per heavy atom. The molecule has 1 aliphatic heterocycles.